The molecule has 0 aliphatic heterocycles. The van der Waals surface area contributed by atoms with Crippen LogP contribution in [0.4, 0.5) is 5.69 Å². The van der Waals surface area contributed by atoms with Gasteiger partial charge in [-0.1, -0.05) is 19.6 Å². The van der Waals surface area contributed by atoms with E-state index in [0.29, 0.717) is 13.2 Å². The molecule has 4 heteroatoms. The van der Waals surface area contributed by atoms with Gasteiger partial charge in [-0.15, -0.1) is 0 Å². The van der Waals surface area contributed by atoms with E-state index in [2.05, 4.69) is 24.1 Å². The van der Waals surface area contributed by atoms with Gasteiger partial charge in [-0.05, 0) is 37.2 Å². The Kier molecular flexibility index (Phi) is 6.58. The number of hydrogen-bond donors (Lipinski definition) is 2. The molecule has 1 amide bonds. The molecule has 1 rings (SSSR count). The Balaban J connectivity index is 2.38. The lowest BCUT2D eigenvalue weighted by molar-refractivity contribution is -0.115. The first-order chi connectivity index (χ1) is 8.76. The Labute approximate surface area is 108 Å². The second-order valence-corrected chi connectivity index (χ2v) is 3.85. The number of amides is 1. The number of nitrogens with one attached hydrogen (secondary N) is 2. The van der Waals surface area contributed by atoms with Gasteiger partial charge in [-0.2, -0.15) is 0 Å². The largest absolute Gasteiger partial charge is 0.490 e. The monoisotopic (exact) mass is 248 g/mol. The number of anilines is 1. The molecular weight excluding hydrogens is 228 g/mol. The highest BCUT2D eigenvalue weighted by molar-refractivity contribution is 5.92. The predicted octanol–water partition coefficient (Wildman–Crippen LogP) is 2.19. The van der Waals surface area contributed by atoms with Gasteiger partial charge in [0.2, 0.25) is 5.91 Å². The molecule has 0 aliphatic carbocycles. The molecule has 4 nitrogen and oxygen atoms in total. The minimum Gasteiger partial charge on any atom is -0.490 e. The van der Waals surface area contributed by atoms with E-state index in [4.69, 9.17) is 4.74 Å². The van der Waals surface area contributed by atoms with Crippen LogP contribution in [0.3, 0.4) is 0 Å². The van der Waals surface area contributed by atoms with Crippen LogP contribution in [0.25, 0.3) is 0 Å². The second-order valence-electron chi connectivity index (χ2n) is 3.85. The summed E-state index contributed by atoms with van der Waals surface area (Å²) in [6.45, 7) is 7.31. The number of carbonyl (C=O) groups is 1. The van der Waals surface area contributed by atoms with Crippen LogP contribution in [0.15, 0.2) is 36.9 Å². The summed E-state index contributed by atoms with van der Waals surface area (Å²) >= 11 is 0. The molecule has 0 saturated carbocycles. The summed E-state index contributed by atoms with van der Waals surface area (Å²) in [7, 11) is 0. The van der Waals surface area contributed by atoms with Crippen molar-refractivity contribution in [2.75, 3.05) is 25.0 Å². The van der Waals surface area contributed by atoms with Crippen molar-refractivity contribution >= 4 is 11.6 Å². The van der Waals surface area contributed by atoms with Gasteiger partial charge >= 0.3 is 0 Å². The smallest absolute Gasteiger partial charge is 0.238 e. The minimum atomic E-state index is -0.0387. The summed E-state index contributed by atoms with van der Waals surface area (Å²) in [6, 6.07) is 7.27. The Hall–Kier alpha value is -1.81. The lowest BCUT2D eigenvalue weighted by Gasteiger charge is -2.07. The zero-order chi connectivity index (χ0) is 13.2. The molecule has 0 spiro atoms. The lowest BCUT2D eigenvalue weighted by Crippen LogP contribution is -2.28. The van der Waals surface area contributed by atoms with Gasteiger partial charge in [0, 0.05) is 5.69 Å². The molecule has 0 bridgehead atoms. The highest BCUT2D eigenvalue weighted by atomic mass is 16.5. The molecule has 0 unspecified atom stereocenters. The van der Waals surface area contributed by atoms with Gasteiger partial charge in [0.05, 0.1) is 6.54 Å². The average Bonchev–Trinajstić information content (AvgIpc) is 2.38. The summed E-state index contributed by atoms with van der Waals surface area (Å²) in [5.41, 5.74) is 0.768. The lowest BCUT2D eigenvalue weighted by atomic mass is 10.3. The first-order valence-electron chi connectivity index (χ1n) is 6.10. The van der Waals surface area contributed by atoms with E-state index in [-0.39, 0.29) is 5.91 Å². The number of hydrogen-bond acceptors (Lipinski definition) is 3. The zero-order valence-electron chi connectivity index (χ0n) is 10.7. The fourth-order valence-electron chi connectivity index (χ4n) is 1.37. The fourth-order valence-corrected chi connectivity index (χ4v) is 1.37. The maximum Gasteiger partial charge on any atom is 0.238 e. The van der Waals surface area contributed by atoms with Gasteiger partial charge in [0.15, 0.2) is 0 Å². The molecule has 1 aromatic rings. The van der Waals surface area contributed by atoms with E-state index in [1.807, 2.05) is 24.3 Å². The first-order valence-corrected chi connectivity index (χ1v) is 6.10. The summed E-state index contributed by atoms with van der Waals surface area (Å²) in [5, 5.41) is 5.85. The molecule has 0 fully saturated rings. The van der Waals surface area contributed by atoms with E-state index in [0.717, 1.165) is 24.4 Å². The van der Waals surface area contributed by atoms with Crippen molar-refractivity contribution in [2.45, 2.75) is 13.3 Å². The molecule has 18 heavy (non-hydrogen) atoms. The molecule has 98 valence electrons. The van der Waals surface area contributed by atoms with Crippen LogP contribution in [-0.2, 0) is 4.79 Å². The Bertz CT molecular complexity index is 374. The van der Waals surface area contributed by atoms with Crippen molar-refractivity contribution in [2.24, 2.45) is 0 Å². The number of carbonyl (C=O) groups excluding carboxylic acids is 1. The SMILES string of the molecule is C=CCOc1ccc(NC(=O)CNCCC)cc1. The van der Waals surface area contributed by atoms with Crippen molar-refractivity contribution in [3.05, 3.63) is 36.9 Å². The van der Waals surface area contributed by atoms with Crippen LogP contribution in [0.1, 0.15) is 13.3 Å². The number of benzene rings is 1. The number of rotatable bonds is 8. The second kappa shape index (κ2) is 8.31. The topological polar surface area (TPSA) is 50.4 Å². The van der Waals surface area contributed by atoms with Crippen molar-refractivity contribution < 1.29 is 9.53 Å². The van der Waals surface area contributed by atoms with Gasteiger partial charge in [0.1, 0.15) is 12.4 Å². The van der Waals surface area contributed by atoms with Crippen LogP contribution in [0.2, 0.25) is 0 Å². The molecular formula is C14H20N2O2. The summed E-state index contributed by atoms with van der Waals surface area (Å²) < 4.78 is 5.35. The predicted molar refractivity (Wildman–Crippen MR) is 73.9 cm³/mol. The quantitative estimate of drug-likeness (QED) is 0.547. The maximum absolute atomic E-state index is 11.5. The van der Waals surface area contributed by atoms with Gasteiger partial charge in [-0.3, -0.25) is 4.79 Å². The third kappa shape index (κ3) is 5.50. The Morgan fingerprint density at radius 1 is 1.39 bits per heavy atom. The molecule has 0 aliphatic rings. The van der Waals surface area contributed by atoms with E-state index in [1.54, 1.807) is 6.08 Å². The average molecular weight is 248 g/mol. The van der Waals surface area contributed by atoms with E-state index in [9.17, 15) is 4.79 Å². The van der Waals surface area contributed by atoms with Gasteiger partial charge < -0.3 is 15.4 Å². The minimum absolute atomic E-state index is 0.0387. The molecule has 0 atom stereocenters. The maximum atomic E-state index is 11.5. The molecule has 0 radical (unpaired) electrons. The van der Waals surface area contributed by atoms with Crippen molar-refractivity contribution in [1.29, 1.82) is 0 Å². The Morgan fingerprint density at radius 3 is 2.72 bits per heavy atom. The van der Waals surface area contributed by atoms with Crippen LogP contribution >= 0.6 is 0 Å². The van der Waals surface area contributed by atoms with Gasteiger partial charge in [0.25, 0.3) is 0 Å². The number of ether oxygens (including phenoxy) is 1. The first kappa shape index (κ1) is 14.3. The highest BCUT2D eigenvalue weighted by Gasteiger charge is 2.01. The molecule has 1 aromatic carbocycles. The fraction of sp³-hybridized carbons (Fsp3) is 0.357. The molecule has 2 N–H and O–H groups in total. The summed E-state index contributed by atoms with van der Waals surface area (Å²) in [4.78, 5) is 11.5. The van der Waals surface area contributed by atoms with E-state index in [1.165, 1.54) is 0 Å². The van der Waals surface area contributed by atoms with Crippen molar-refractivity contribution in [1.82, 2.24) is 5.32 Å². The van der Waals surface area contributed by atoms with E-state index >= 15 is 0 Å². The standard InChI is InChI=1S/C14H20N2O2/c1-3-9-15-11-14(17)16-12-5-7-13(8-6-12)18-10-4-2/h4-8,15H,2-3,9-11H2,1H3,(H,16,17). The van der Waals surface area contributed by atoms with E-state index < -0.39 is 0 Å². The van der Waals surface area contributed by atoms with Gasteiger partial charge in [-0.25, -0.2) is 0 Å². The Morgan fingerprint density at radius 2 is 2.11 bits per heavy atom. The highest BCUT2D eigenvalue weighted by Crippen LogP contribution is 2.15. The third-order valence-electron chi connectivity index (χ3n) is 2.22. The van der Waals surface area contributed by atoms with Crippen molar-refractivity contribution in [3.63, 3.8) is 0 Å². The van der Waals surface area contributed by atoms with Crippen LogP contribution in [0, 0.1) is 0 Å². The van der Waals surface area contributed by atoms with Crippen LogP contribution < -0.4 is 15.4 Å². The molecule has 0 saturated heterocycles. The van der Waals surface area contributed by atoms with Crippen molar-refractivity contribution in [3.8, 4) is 5.75 Å². The van der Waals surface area contributed by atoms with Crippen LogP contribution in [-0.4, -0.2) is 25.6 Å². The summed E-state index contributed by atoms with van der Waals surface area (Å²) in [6.07, 6.45) is 2.71. The third-order valence-corrected chi connectivity index (χ3v) is 2.22. The molecule has 0 aromatic heterocycles. The molecule has 0 heterocycles. The normalized spacial score (nSPS) is 9.83. The summed E-state index contributed by atoms with van der Waals surface area (Å²) in [5.74, 6) is 0.722. The zero-order valence-corrected chi connectivity index (χ0v) is 10.7. The van der Waals surface area contributed by atoms with Crippen LogP contribution in [0.5, 0.6) is 5.75 Å².